The van der Waals surface area contributed by atoms with E-state index in [1.807, 2.05) is 45.4 Å². The van der Waals surface area contributed by atoms with Crippen molar-refractivity contribution in [1.29, 1.82) is 5.26 Å². The summed E-state index contributed by atoms with van der Waals surface area (Å²) in [5.74, 6) is 0.159. The normalized spacial score (nSPS) is 13.0. The van der Waals surface area contributed by atoms with Gasteiger partial charge in [0.1, 0.15) is 23.4 Å². The number of esters is 1. The molecule has 1 aromatic heterocycles. The number of carbonyl (C=O) groups excluding carboxylic acids is 1. The van der Waals surface area contributed by atoms with E-state index < -0.39 is 5.60 Å². The molecule has 5 heteroatoms. The second-order valence-corrected chi connectivity index (χ2v) is 7.41. The fourth-order valence-corrected chi connectivity index (χ4v) is 2.39. The number of hydrogen-bond acceptors (Lipinski definition) is 4. The highest BCUT2D eigenvalue weighted by Gasteiger charge is 2.26. The first-order chi connectivity index (χ1) is 10.5. The molecule has 1 heterocycles. The van der Waals surface area contributed by atoms with Crippen molar-refractivity contribution in [2.75, 3.05) is 0 Å². The summed E-state index contributed by atoms with van der Waals surface area (Å²) in [5.41, 5.74) is 2.19. The Balaban J connectivity index is 2.83. The number of ether oxygens (including phenoxy) is 1. The van der Waals surface area contributed by atoms with E-state index >= 15 is 0 Å². The molecule has 0 fully saturated rings. The third-order valence-corrected chi connectivity index (χ3v) is 3.69. The second kappa shape index (κ2) is 7.65. The maximum Gasteiger partial charge on any atom is 0.323 e. The summed E-state index contributed by atoms with van der Waals surface area (Å²) in [4.78, 5) is 12.4. The minimum absolute atomic E-state index is 0.222. The number of nitrogens with one attached hydrogen (secondary N) is 1. The summed E-state index contributed by atoms with van der Waals surface area (Å²) < 4.78 is 7.37. The summed E-state index contributed by atoms with van der Waals surface area (Å²) in [7, 11) is 1.87. The van der Waals surface area contributed by atoms with Gasteiger partial charge in [-0.2, -0.15) is 5.26 Å². The number of aromatic nitrogens is 1. The molecule has 0 aliphatic carbocycles. The molecule has 128 valence electrons. The highest BCUT2D eigenvalue weighted by Crippen LogP contribution is 2.16. The minimum Gasteiger partial charge on any atom is -0.459 e. The van der Waals surface area contributed by atoms with Crippen molar-refractivity contribution < 1.29 is 9.53 Å². The van der Waals surface area contributed by atoms with E-state index in [0.29, 0.717) is 24.6 Å². The molecule has 0 saturated carbocycles. The predicted molar refractivity (Wildman–Crippen MR) is 90.8 cm³/mol. The molecule has 0 aromatic carbocycles. The Morgan fingerprint density at radius 2 is 2.04 bits per heavy atom. The predicted octanol–water partition coefficient (Wildman–Crippen LogP) is 3.05. The molecule has 1 rings (SSSR count). The van der Waals surface area contributed by atoms with Gasteiger partial charge in [0.15, 0.2) is 0 Å². The highest BCUT2D eigenvalue weighted by molar-refractivity contribution is 5.76. The van der Waals surface area contributed by atoms with E-state index in [-0.39, 0.29) is 12.0 Å². The molecule has 1 N–H and O–H groups in total. The van der Waals surface area contributed by atoms with Crippen LogP contribution < -0.4 is 5.32 Å². The highest BCUT2D eigenvalue weighted by atomic mass is 16.6. The first-order valence-electron chi connectivity index (χ1n) is 8.06. The summed E-state index contributed by atoms with van der Waals surface area (Å²) in [6.45, 7) is 12.3. The summed E-state index contributed by atoms with van der Waals surface area (Å²) >= 11 is 0. The Bertz CT molecular complexity index is 589. The fraction of sp³-hybridized carbons (Fsp3) is 0.667. The van der Waals surface area contributed by atoms with Crippen LogP contribution in [0.5, 0.6) is 0 Å². The molecule has 5 nitrogen and oxygen atoms in total. The molecule has 0 saturated heterocycles. The molecule has 1 aromatic rings. The molecule has 1 atom stereocenters. The first-order valence-corrected chi connectivity index (χ1v) is 8.06. The van der Waals surface area contributed by atoms with E-state index in [4.69, 9.17) is 10.00 Å². The van der Waals surface area contributed by atoms with E-state index in [1.165, 1.54) is 0 Å². The van der Waals surface area contributed by atoms with Crippen molar-refractivity contribution in [1.82, 2.24) is 9.88 Å². The Labute approximate surface area is 139 Å². The number of carbonyl (C=O) groups is 1. The van der Waals surface area contributed by atoms with Crippen LogP contribution in [0.4, 0.5) is 0 Å². The zero-order valence-corrected chi connectivity index (χ0v) is 15.4. The minimum atomic E-state index is -0.495. The van der Waals surface area contributed by atoms with E-state index in [2.05, 4.69) is 25.2 Å². The van der Waals surface area contributed by atoms with Gasteiger partial charge in [0.2, 0.25) is 0 Å². The van der Waals surface area contributed by atoms with Crippen molar-refractivity contribution >= 4 is 5.97 Å². The van der Waals surface area contributed by atoms with Crippen LogP contribution in [-0.2, 0) is 23.1 Å². The van der Waals surface area contributed by atoms with Crippen molar-refractivity contribution in [3.05, 3.63) is 23.0 Å². The van der Waals surface area contributed by atoms with Gasteiger partial charge in [-0.3, -0.25) is 4.79 Å². The van der Waals surface area contributed by atoms with E-state index in [1.54, 1.807) is 0 Å². The van der Waals surface area contributed by atoms with Crippen LogP contribution in [0.15, 0.2) is 6.07 Å². The summed E-state index contributed by atoms with van der Waals surface area (Å²) in [6.07, 6.45) is 0.714. The van der Waals surface area contributed by atoms with Crippen LogP contribution in [0.25, 0.3) is 0 Å². The number of nitriles is 1. The number of hydrogen-bond donors (Lipinski definition) is 1. The zero-order chi connectivity index (χ0) is 17.8. The van der Waals surface area contributed by atoms with E-state index in [0.717, 1.165) is 11.3 Å². The third-order valence-electron chi connectivity index (χ3n) is 3.69. The summed E-state index contributed by atoms with van der Waals surface area (Å²) in [5, 5.41) is 12.4. The molecule has 0 radical (unpaired) electrons. The van der Waals surface area contributed by atoms with Gasteiger partial charge in [0, 0.05) is 19.3 Å². The van der Waals surface area contributed by atoms with Gasteiger partial charge in [-0.05, 0) is 51.7 Å². The molecule has 0 aliphatic heterocycles. The second-order valence-electron chi connectivity index (χ2n) is 7.41. The van der Waals surface area contributed by atoms with Gasteiger partial charge < -0.3 is 14.6 Å². The van der Waals surface area contributed by atoms with Crippen molar-refractivity contribution in [3.63, 3.8) is 0 Å². The Morgan fingerprint density at radius 1 is 1.43 bits per heavy atom. The number of rotatable bonds is 6. The maximum absolute atomic E-state index is 12.4. The lowest BCUT2D eigenvalue weighted by Crippen LogP contribution is -2.41. The van der Waals surface area contributed by atoms with Gasteiger partial charge in [-0.1, -0.05) is 13.8 Å². The van der Waals surface area contributed by atoms with Gasteiger partial charge in [-0.25, -0.2) is 0 Å². The fourth-order valence-electron chi connectivity index (χ4n) is 2.39. The average Bonchev–Trinajstić information content (AvgIpc) is 2.68. The monoisotopic (exact) mass is 319 g/mol. The van der Waals surface area contributed by atoms with E-state index in [9.17, 15) is 4.79 Å². The third kappa shape index (κ3) is 5.72. The molecule has 0 unspecified atom stereocenters. The quantitative estimate of drug-likeness (QED) is 0.818. The SMILES string of the molecule is Cc1c(CN[C@@H](CC(C)C)C(=O)OC(C)(C)C)cc(C#N)n1C. The standard InChI is InChI=1S/C18H29N3O2/c1-12(2)8-16(17(22)23-18(4,5)6)20-11-14-9-15(10-19)21(7)13(14)3/h9,12,16,20H,8,11H2,1-7H3/t16-/m0/s1. The average molecular weight is 319 g/mol. The van der Waals surface area contributed by atoms with Crippen LogP contribution in [-0.4, -0.2) is 22.2 Å². The Kier molecular flexibility index (Phi) is 6.40. The Hall–Kier alpha value is -1.80. The number of nitrogens with zero attached hydrogens (tertiary/aromatic N) is 2. The van der Waals surface area contributed by atoms with Crippen molar-refractivity contribution in [3.8, 4) is 6.07 Å². The van der Waals surface area contributed by atoms with Crippen molar-refractivity contribution in [2.24, 2.45) is 13.0 Å². The first kappa shape index (κ1) is 19.2. The topological polar surface area (TPSA) is 67.0 Å². The lowest BCUT2D eigenvalue weighted by atomic mass is 10.0. The zero-order valence-electron chi connectivity index (χ0n) is 15.4. The van der Waals surface area contributed by atoms with Crippen LogP contribution in [0.2, 0.25) is 0 Å². The molecule has 23 heavy (non-hydrogen) atoms. The lowest BCUT2D eigenvalue weighted by molar-refractivity contribution is -0.158. The van der Waals surface area contributed by atoms with Gasteiger partial charge in [0.05, 0.1) is 0 Å². The van der Waals surface area contributed by atoms with Gasteiger partial charge in [-0.15, -0.1) is 0 Å². The van der Waals surface area contributed by atoms with Crippen LogP contribution in [0, 0.1) is 24.2 Å². The molecule has 0 spiro atoms. The lowest BCUT2D eigenvalue weighted by Gasteiger charge is -2.25. The molecule has 0 bridgehead atoms. The summed E-state index contributed by atoms with van der Waals surface area (Å²) in [6, 6.07) is 3.69. The maximum atomic E-state index is 12.4. The largest absolute Gasteiger partial charge is 0.459 e. The van der Waals surface area contributed by atoms with Gasteiger partial charge in [0.25, 0.3) is 0 Å². The molecule has 0 amide bonds. The van der Waals surface area contributed by atoms with Crippen LogP contribution in [0.1, 0.15) is 58.0 Å². The molecule has 0 aliphatic rings. The van der Waals surface area contributed by atoms with Crippen molar-refractivity contribution in [2.45, 2.75) is 66.2 Å². The molecular weight excluding hydrogens is 290 g/mol. The van der Waals surface area contributed by atoms with Crippen LogP contribution in [0.3, 0.4) is 0 Å². The molecular formula is C18H29N3O2. The Morgan fingerprint density at radius 3 is 2.48 bits per heavy atom. The van der Waals surface area contributed by atoms with Crippen LogP contribution >= 0.6 is 0 Å². The van der Waals surface area contributed by atoms with Gasteiger partial charge >= 0.3 is 5.97 Å². The smallest absolute Gasteiger partial charge is 0.323 e.